The van der Waals surface area contributed by atoms with Crippen molar-refractivity contribution in [3.8, 4) is 0 Å². The van der Waals surface area contributed by atoms with Crippen LogP contribution < -0.4 is 5.48 Å². The number of aromatic nitrogens is 2. The number of imidazole rings is 1. The van der Waals surface area contributed by atoms with Crippen LogP contribution in [0, 0.1) is 0 Å². The Morgan fingerprint density at radius 2 is 1.11 bits per heavy atom. The lowest BCUT2D eigenvalue weighted by molar-refractivity contribution is -0.145. The molecule has 0 aliphatic rings. The van der Waals surface area contributed by atoms with Crippen molar-refractivity contribution in [1.82, 2.24) is 20.1 Å². The molecule has 3 N–H and O–H groups in total. The van der Waals surface area contributed by atoms with E-state index in [0.717, 1.165) is 77.0 Å². The standard InChI is InChI=1S/C43H77N4O7P/c1-4-6-8-10-12-14-16-18-20-22-24-26-28-30-32-34-41(48)47(55(51,52)54-46-40(43(50)53-3)36-39-37-44-38-45-39)42(49)35-33-31-29-27-25-23-21-19-17-15-13-11-9-7-5-2/h18-21,37-38,40,46H,4-17,22-36H2,1-3H3,(H,44,45)(H,51,52)/b20-18-,21-19-/t40-/m0/s1. The number of amides is 2. The summed E-state index contributed by atoms with van der Waals surface area (Å²) >= 11 is 0. The maximum absolute atomic E-state index is 13.5. The number of esters is 1. The number of hydrogen-bond donors (Lipinski definition) is 3. The van der Waals surface area contributed by atoms with Crippen molar-refractivity contribution >= 4 is 25.5 Å². The predicted molar refractivity (Wildman–Crippen MR) is 223 cm³/mol. The van der Waals surface area contributed by atoms with Crippen molar-refractivity contribution in [3.05, 3.63) is 42.5 Å². The Balaban J connectivity index is 2.56. The zero-order valence-corrected chi connectivity index (χ0v) is 35.7. The van der Waals surface area contributed by atoms with Crippen molar-refractivity contribution in [2.45, 2.75) is 206 Å². The number of H-pyrrole nitrogens is 1. The molecule has 316 valence electrons. The fourth-order valence-corrected chi connectivity index (χ4v) is 7.54. The van der Waals surface area contributed by atoms with E-state index in [9.17, 15) is 23.8 Å². The number of nitrogens with one attached hydrogen (secondary N) is 2. The van der Waals surface area contributed by atoms with Crippen LogP contribution in [0.25, 0.3) is 0 Å². The summed E-state index contributed by atoms with van der Waals surface area (Å²) in [4.78, 5) is 56.9. The number of nitrogens with zero attached hydrogens (tertiary/aromatic N) is 2. The maximum atomic E-state index is 13.5. The van der Waals surface area contributed by atoms with Crippen molar-refractivity contribution in [2.75, 3.05) is 7.11 Å². The molecule has 0 fully saturated rings. The third kappa shape index (κ3) is 26.8. The molecule has 1 heterocycles. The Labute approximate surface area is 333 Å². The van der Waals surface area contributed by atoms with Gasteiger partial charge >= 0.3 is 13.7 Å². The number of hydroxylamine groups is 1. The van der Waals surface area contributed by atoms with Gasteiger partial charge in [0.15, 0.2) is 0 Å². The van der Waals surface area contributed by atoms with E-state index in [1.54, 1.807) is 0 Å². The lowest BCUT2D eigenvalue weighted by atomic mass is 10.1. The number of ether oxygens (including phenoxy) is 1. The molecule has 1 aromatic heterocycles. The van der Waals surface area contributed by atoms with Gasteiger partial charge in [-0.2, -0.15) is 10.2 Å². The monoisotopic (exact) mass is 793 g/mol. The van der Waals surface area contributed by atoms with Crippen LogP contribution in [0.5, 0.6) is 0 Å². The van der Waals surface area contributed by atoms with Gasteiger partial charge in [0.1, 0.15) is 6.04 Å². The molecule has 0 radical (unpaired) electrons. The second-order valence-corrected chi connectivity index (χ2v) is 16.4. The second-order valence-electron chi connectivity index (χ2n) is 14.8. The number of aromatic amines is 1. The van der Waals surface area contributed by atoms with E-state index < -0.39 is 31.6 Å². The van der Waals surface area contributed by atoms with Gasteiger partial charge in [0.05, 0.1) is 13.4 Å². The highest BCUT2D eigenvalue weighted by Crippen LogP contribution is 2.47. The summed E-state index contributed by atoms with van der Waals surface area (Å²) < 4.78 is 23.8. The second kappa shape index (κ2) is 34.6. The maximum Gasteiger partial charge on any atom is 0.458 e. The fourth-order valence-electron chi connectivity index (χ4n) is 6.43. The Morgan fingerprint density at radius 3 is 1.49 bits per heavy atom. The van der Waals surface area contributed by atoms with Crippen LogP contribution in [-0.4, -0.2) is 50.5 Å². The van der Waals surface area contributed by atoms with Crippen LogP contribution in [0.3, 0.4) is 0 Å². The number of hydrogen-bond acceptors (Lipinski definition) is 8. The predicted octanol–water partition coefficient (Wildman–Crippen LogP) is 11.5. The molecule has 0 aliphatic heterocycles. The molecule has 1 aromatic rings. The minimum Gasteiger partial charge on any atom is -0.468 e. The Bertz CT molecular complexity index is 1160. The molecule has 0 saturated heterocycles. The summed E-state index contributed by atoms with van der Waals surface area (Å²) in [5, 5.41) is 0. The first-order valence-electron chi connectivity index (χ1n) is 21.7. The molecule has 1 rings (SSSR count). The van der Waals surface area contributed by atoms with Crippen molar-refractivity contribution in [3.63, 3.8) is 0 Å². The molecule has 0 saturated carbocycles. The Kier molecular flexibility index (Phi) is 31.8. The average molecular weight is 793 g/mol. The molecular formula is C43H77N4O7P. The van der Waals surface area contributed by atoms with Gasteiger partial charge in [-0.15, -0.1) is 0 Å². The molecule has 0 spiro atoms. The molecule has 2 atom stereocenters. The zero-order chi connectivity index (χ0) is 40.2. The van der Waals surface area contributed by atoms with Gasteiger partial charge in [-0.3, -0.25) is 14.4 Å². The molecule has 0 bridgehead atoms. The van der Waals surface area contributed by atoms with Crippen LogP contribution in [0.2, 0.25) is 0 Å². The minimum absolute atomic E-state index is 0.0123. The van der Waals surface area contributed by atoms with Crippen LogP contribution >= 0.6 is 7.75 Å². The highest BCUT2D eigenvalue weighted by atomic mass is 31.2. The van der Waals surface area contributed by atoms with Gasteiger partial charge in [-0.1, -0.05) is 141 Å². The third-order valence-corrected chi connectivity index (χ3v) is 11.1. The topological polar surface area (TPSA) is 151 Å². The van der Waals surface area contributed by atoms with Gasteiger partial charge < -0.3 is 14.6 Å². The van der Waals surface area contributed by atoms with E-state index in [2.05, 4.69) is 53.6 Å². The van der Waals surface area contributed by atoms with Gasteiger partial charge in [-0.25, -0.2) is 14.2 Å². The minimum atomic E-state index is -5.01. The summed E-state index contributed by atoms with van der Waals surface area (Å²) in [5.74, 6) is -2.27. The largest absolute Gasteiger partial charge is 0.468 e. The molecule has 0 aliphatic carbocycles. The molecule has 11 nitrogen and oxygen atoms in total. The van der Waals surface area contributed by atoms with Crippen LogP contribution in [0.15, 0.2) is 36.8 Å². The summed E-state index contributed by atoms with van der Waals surface area (Å²) in [5.41, 5.74) is 2.84. The number of carbonyl (C=O) groups is 3. The van der Waals surface area contributed by atoms with Gasteiger partial charge in [0, 0.05) is 31.2 Å². The summed E-state index contributed by atoms with van der Waals surface area (Å²) in [6, 6.07) is -1.19. The number of carbonyl (C=O) groups excluding carboxylic acids is 3. The van der Waals surface area contributed by atoms with E-state index in [-0.39, 0.29) is 19.3 Å². The molecule has 55 heavy (non-hydrogen) atoms. The number of allylic oxidation sites excluding steroid dienone is 4. The van der Waals surface area contributed by atoms with Crippen molar-refractivity contribution in [1.29, 1.82) is 0 Å². The van der Waals surface area contributed by atoms with Crippen LogP contribution in [-0.2, 0) is 34.7 Å². The molecular weight excluding hydrogens is 715 g/mol. The first-order valence-corrected chi connectivity index (χ1v) is 23.3. The average Bonchev–Trinajstić information content (AvgIpc) is 3.69. The normalized spacial score (nSPS) is 13.4. The van der Waals surface area contributed by atoms with E-state index in [4.69, 9.17) is 9.36 Å². The summed E-state index contributed by atoms with van der Waals surface area (Å²) in [6.45, 7) is 4.48. The number of methoxy groups -OCH3 is 1. The first kappa shape index (κ1) is 50.4. The van der Waals surface area contributed by atoms with Crippen molar-refractivity contribution < 1.29 is 33.2 Å². The lowest BCUT2D eigenvalue weighted by Crippen LogP contribution is -2.42. The highest BCUT2D eigenvalue weighted by molar-refractivity contribution is 7.51. The van der Waals surface area contributed by atoms with Crippen molar-refractivity contribution in [2.24, 2.45) is 0 Å². The number of imide groups is 1. The van der Waals surface area contributed by atoms with Gasteiger partial charge in [0.2, 0.25) is 11.8 Å². The summed E-state index contributed by atoms with van der Waals surface area (Å²) in [7, 11) is -3.83. The summed E-state index contributed by atoms with van der Waals surface area (Å²) in [6.07, 6.45) is 40.6. The number of unbranched alkanes of at least 4 members (excludes halogenated alkanes) is 22. The van der Waals surface area contributed by atoms with E-state index in [1.807, 2.05) is 0 Å². The van der Waals surface area contributed by atoms with Gasteiger partial charge in [-0.05, 0) is 64.2 Å². The fraction of sp³-hybridized carbons (Fsp3) is 0.767. The number of rotatable bonds is 37. The smallest absolute Gasteiger partial charge is 0.458 e. The van der Waals surface area contributed by atoms with E-state index in [1.165, 1.54) is 96.7 Å². The zero-order valence-electron chi connectivity index (χ0n) is 34.8. The molecule has 12 heteroatoms. The molecule has 0 aromatic carbocycles. The highest BCUT2D eigenvalue weighted by Gasteiger charge is 2.40. The SMILES string of the molecule is CCCCCCCC/C=C\CCCCCCCC(=O)N(C(=O)CCCCCCC/C=C\CCCCCCCC)P(=O)(O)ON[C@@H](Cc1cnc[nH]1)C(=O)OC. The third-order valence-electron chi connectivity index (χ3n) is 9.81. The molecule has 2 amide bonds. The first-order chi connectivity index (χ1) is 26.8. The van der Waals surface area contributed by atoms with Gasteiger partial charge in [0.25, 0.3) is 0 Å². The van der Waals surface area contributed by atoms with E-state index in [0.29, 0.717) is 23.2 Å². The van der Waals surface area contributed by atoms with Crippen LogP contribution in [0.1, 0.15) is 199 Å². The Hall–Kier alpha value is -2.59. The Morgan fingerprint density at radius 1 is 0.709 bits per heavy atom. The lowest BCUT2D eigenvalue weighted by Gasteiger charge is -2.26. The quantitative estimate of drug-likeness (QED) is 0.0197. The molecule has 1 unspecified atom stereocenters. The van der Waals surface area contributed by atoms with E-state index >= 15 is 0 Å². The van der Waals surface area contributed by atoms with Crippen LogP contribution in [0.4, 0.5) is 0 Å².